The van der Waals surface area contributed by atoms with Crippen molar-refractivity contribution in [2.45, 2.75) is 6.61 Å². The standard InChI is InChI=1S/C12H8Cl2FNO2/c13-8-2-1-3-9(10(8)14)18-12-11(15)7(6-17)4-5-16-12/h1-5,17H,6H2. The van der Waals surface area contributed by atoms with Gasteiger partial charge in [-0.25, -0.2) is 9.37 Å². The summed E-state index contributed by atoms with van der Waals surface area (Å²) < 4.78 is 19.0. The summed E-state index contributed by atoms with van der Waals surface area (Å²) >= 11 is 11.7. The zero-order valence-electron chi connectivity index (χ0n) is 9.03. The lowest BCUT2D eigenvalue weighted by Gasteiger charge is -2.09. The second kappa shape index (κ2) is 5.52. The van der Waals surface area contributed by atoms with Crippen molar-refractivity contribution >= 4 is 23.2 Å². The average molecular weight is 288 g/mol. The Bertz CT molecular complexity index is 578. The average Bonchev–Trinajstić information content (AvgIpc) is 2.37. The molecule has 1 aromatic heterocycles. The summed E-state index contributed by atoms with van der Waals surface area (Å²) in [5.41, 5.74) is 0.0955. The van der Waals surface area contributed by atoms with E-state index in [0.717, 1.165) is 0 Å². The van der Waals surface area contributed by atoms with E-state index in [1.54, 1.807) is 18.2 Å². The Morgan fingerprint density at radius 1 is 1.28 bits per heavy atom. The van der Waals surface area contributed by atoms with Gasteiger partial charge in [0.25, 0.3) is 5.88 Å². The molecular formula is C12H8Cl2FNO2. The normalized spacial score (nSPS) is 10.4. The molecule has 0 saturated heterocycles. The topological polar surface area (TPSA) is 42.4 Å². The van der Waals surface area contributed by atoms with Gasteiger partial charge in [-0.3, -0.25) is 0 Å². The first-order valence-corrected chi connectivity index (χ1v) is 5.75. The van der Waals surface area contributed by atoms with Crippen molar-refractivity contribution in [1.29, 1.82) is 0 Å². The van der Waals surface area contributed by atoms with Gasteiger partial charge in [-0.05, 0) is 18.2 Å². The van der Waals surface area contributed by atoms with E-state index in [-0.39, 0.29) is 22.2 Å². The summed E-state index contributed by atoms with van der Waals surface area (Å²) in [5, 5.41) is 9.41. The molecule has 0 aliphatic carbocycles. The van der Waals surface area contributed by atoms with Crippen LogP contribution >= 0.6 is 23.2 Å². The molecule has 2 rings (SSSR count). The quantitative estimate of drug-likeness (QED) is 0.933. The molecule has 1 aromatic carbocycles. The van der Waals surface area contributed by atoms with Crippen LogP contribution in [0.4, 0.5) is 4.39 Å². The number of aliphatic hydroxyl groups is 1. The minimum Gasteiger partial charge on any atom is -0.435 e. The Morgan fingerprint density at radius 2 is 2.06 bits per heavy atom. The van der Waals surface area contributed by atoms with E-state index in [4.69, 9.17) is 33.0 Å². The fourth-order valence-corrected chi connectivity index (χ4v) is 1.65. The van der Waals surface area contributed by atoms with Gasteiger partial charge in [0.2, 0.25) is 0 Å². The first-order chi connectivity index (χ1) is 8.63. The van der Waals surface area contributed by atoms with Crippen molar-refractivity contribution in [2.75, 3.05) is 0 Å². The van der Waals surface area contributed by atoms with Crippen LogP contribution in [0.25, 0.3) is 0 Å². The van der Waals surface area contributed by atoms with Crippen LogP contribution in [0.2, 0.25) is 10.0 Å². The number of rotatable bonds is 3. The van der Waals surface area contributed by atoms with E-state index in [1.165, 1.54) is 12.3 Å². The Morgan fingerprint density at radius 3 is 2.78 bits per heavy atom. The lowest BCUT2D eigenvalue weighted by molar-refractivity contribution is 0.273. The van der Waals surface area contributed by atoms with Crippen LogP contribution in [-0.2, 0) is 6.61 Å². The number of aromatic nitrogens is 1. The molecule has 0 fully saturated rings. The molecule has 18 heavy (non-hydrogen) atoms. The molecule has 0 unspecified atom stereocenters. The maximum Gasteiger partial charge on any atom is 0.256 e. The number of aliphatic hydroxyl groups excluding tert-OH is 1. The highest BCUT2D eigenvalue weighted by molar-refractivity contribution is 6.42. The number of ether oxygens (including phenoxy) is 1. The zero-order valence-corrected chi connectivity index (χ0v) is 10.5. The van der Waals surface area contributed by atoms with Gasteiger partial charge in [-0.2, -0.15) is 0 Å². The Kier molecular flexibility index (Phi) is 4.01. The zero-order chi connectivity index (χ0) is 13.1. The van der Waals surface area contributed by atoms with Crippen molar-refractivity contribution in [3.05, 3.63) is 51.9 Å². The van der Waals surface area contributed by atoms with Crippen LogP contribution in [0.5, 0.6) is 11.6 Å². The molecule has 0 bridgehead atoms. The van der Waals surface area contributed by atoms with Gasteiger partial charge >= 0.3 is 0 Å². The smallest absolute Gasteiger partial charge is 0.256 e. The van der Waals surface area contributed by atoms with Crippen molar-refractivity contribution in [2.24, 2.45) is 0 Å². The number of nitrogens with zero attached hydrogens (tertiary/aromatic N) is 1. The monoisotopic (exact) mass is 287 g/mol. The molecule has 0 spiro atoms. The molecule has 0 saturated carbocycles. The number of hydrogen-bond acceptors (Lipinski definition) is 3. The van der Waals surface area contributed by atoms with Gasteiger partial charge in [0.05, 0.1) is 11.6 Å². The summed E-state index contributed by atoms with van der Waals surface area (Å²) in [7, 11) is 0. The first kappa shape index (κ1) is 13.1. The lowest BCUT2D eigenvalue weighted by atomic mass is 10.2. The minimum absolute atomic E-state index is 0.0955. The maximum atomic E-state index is 13.8. The van der Waals surface area contributed by atoms with Crippen LogP contribution in [0, 0.1) is 5.82 Å². The largest absolute Gasteiger partial charge is 0.435 e. The van der Waals surface area contributed by atoms with Crippen molar-refractivity contribution in [3.63, 3.8) is 0 Å². The van der Waals surface area contributed by atoms with Gasteiger partial charge in [0.15, 0.2) is 5.82 Å². The summed E-state index contributed by atoms with van der Waals surface area (Å²) in [6.45, 7) is -0.437. The molecular weight excluding hydrogens is 280 g/mol. The summed E-state index contributed by atoms with van der Waals surface area (Å²) in [5.74, 6) is -0.785. The van der Waals surface area contributed by atoms with Gasteiger partial charge in [0, 0.05) is 11.8 Å². The fraction of sp³-hybridized carbons (Fsp3) is 0.0833. The molecule has 94 valence electrons. The summed E-state index contributed by atoms with van der Waals surface area (Å²) in [4.78, 5) is 3.74. The Labute approximate surface area is 113 Å². The molecule has 0 aliphatic rings. The van der Waals surface area contributed by atoms with E-state index < -0.39 is 12.4 Å². The van der Waals surface area contributed by atoms with Crippen LogP contribution in [0.3, 0.4) is 0 Å². The van der Waals surface area contributed by atoms with Crippen molar-refractivity contribution < 1.29 is 14.2 Å². The Hall–Kier alpha value is -1.36. The predicted molar refractivity (Wildman–Crippen MR) is 66.7 cm³/mol. The van der Waals surface area contributed by atoms with Gasteiger partial charge in [0.1, 0.15) is 10.8 Å². The number of pyridine rings is 1. The third-order valence-corrected chi connectivity index (χ3v) is 3.03. The maximum absolute atomic E-state index is 13.8. The van der Waals surface area contributed by atoms with E-state index in [9.17, 15) is 4.39 Å². The highest BCUT2D eigenvalue weighted by Gasteiger charge is 2.13. The fourth-order valence-electron chi connectivity index (χ4n) is 1.32. The van der Waals surface area contributed by atoms with Crippen LogP contribution in [-0.4, -0.2) is 10.1 Å². The number of hydrogen-bond donors (Lipinski definition) is 1. The van der Waals surface area contributed by atoms with Gasteiger partial charge in [-0.1, -0.05) is 29.3 Å². The second-order valence-corrected chi connectivity index (χ2v) is 4.19. The van der Waals surface area contributed by atoms with Crippen LogP contribution in [0.1, 0.15) is 5.56 Å². The van der Waals surface area contributed by atoms with E-state index in [0.29, 0.717) is 5.02 Å². The summed E-state index contributed by atoms with van der Waals surface area (Å²) in [6.07, 6.45) is 1.34. The number of benzene rings is 1. The van der Waals surface area contributed by atoms with E-state index >= 15 is 0 Å². The molecule has 0 radical (unpaired) electrons. The molecule has 0 atom stereocenters. The molecule has 6 heteroatoms. The molecule has 0 aliphatic heterocycles. The third-order valence-electron chi connectivity index (χ3n) is 2.23. The van der Waals surface area contributed by atoms with E-state index in [1.807, 2.05) is 0 Å². The molecule has 2 aromatic rings. The predicted octanol–water partition coefficient (Wildman–Crippen LogP) is 3.81. The highest BCUT2D eigenvalue weighted by Crippen LogP contribution is 2.34. The SMILES string of the molecule is OCc1ccnc(Oc2cccc(Cl)c2Cl)c1F. The molecule has 1 heterocycles. The molecule has 1 N–H and O–H groups in total. The summed E-state index contributed by atoms with van der Waals surface area (Å²) in [6, 6.07) is 6.12. The van der Waals surface area contributed by atoms with Crippen LogP contribution in [0.15, 0.2) is 30.5 Å². The van der Waals surface area contributed by atoms with Gasteiger partial charge < -0.3 is 9.84 Å². The highest BCUT2D eigenvalue weighted by atomic mass is 35.5. The van der Waals surface area contributed by atoms with Crippen molar-refractivity contribution in [3.8, 4) is 11.6 Å². The van der Waals surface area contributed by atoms with E-state index in [2.05, 4.69) is 4.98 Å². The lowest BCUT2D eigenvalue weighted by Crippen LogP contribution is -1.97. The van der Waals surface area contributed by atoms with Crippen LogP contribution < -0.4 is 4.74 Å². The molecule has 0 amide bonds. The second-order valence-electron chi connectivity index (χ2n) is 3.40. The molecule has 3 nitrogen and oxygen atoms in total. The minimum atomic E-state index is -0.726. The van der Waals surface area contributed by atoms with Gasteiger partial charge in [-0.15, -0.1) is 0 Å². The Balaban J connectivity index is 2.37. The first-order valence-electron chi connectivity index (χ1n) is 4.99. The third kappa shape index (κ3) is 2.56. The van der Waals surface area contributed by atoms with Crippen molar-refractivity contribution in [1.82, 2.24) is 4.98 Å². The number of halogens is 3.